The molecule has 1 saturated heterocycles. The fourth-order valence-corrected chi connectivity index (χ4v) is 2.60. The SMILES string of the molecule is CCN(CC1CC1)CC1(C(=O)O)CCOCC1. The minimum absolute atomic E-state index is 0.566. The summed E-state index contributed by atoms with van der Waals surface area (Å²) in [5, 5.41) is 9.50. The maximum absolute atomic E-state index is 11.5. The van der Waals surface area contributed by atoms with E-state index in [1.165, 1.54) is 12.8 Å². The highest BCUT2D eigenvalue weighted by Gasteiger charge is 2.42. The van der Waals surface area contributed by atoms with E-state index < -0.39 is 11.4 Å². The van der Waals surface area contributed by atoms with Crippen molar-refractivity contribution in [1.29, 1.82) is 0 Å². The molecule has 0 aromatic carbocycles. The van der Waals surface area contributed by atoms with Crippen LogP contribution < -0.4 is 0 Å². The van der Waals surface area contributed by atoms with Crippen molar-refractivity contribution < 1.29 is 14.6 Å². The van der Waals surface area contributed by atoms with Crippen LogP contribution >= 0.6 is 0 Å². The van der Waals surface area contributed by atoms with Gasteiger partial charge < -0.3 is 14.7 Å². The summed E-state index contributed by atoms with van der Waals surface area (Å²) >= 11 is 0. The summed E-state index contributed by atoms with van der Waals surface area (Å²) in [6, 6.07) is 0. The van der Waals surface area contributed by atoms with E-state index in [4.69, 9.17) is 4.74 Å². The number of hydrogen-bond donors (Lipinski definition) is 1. The molecule has 2 fully saturated rings. The van der Waals surface area contributed by atoms with Crippen LogP contribution in [0.1, 0.15) is 32.6 Å². The Balaban J connectivity index is 1.96. The van der Waals surface area contributed by atoms with Crippen LogP contribution in [0.25, 0.3) is 0 Å². The fraction of sp³-hybridized carbons (Fsp3) is 0.923. The highest BCUT2D eigenvalue weighted by molar-refractivity contribution is 5.75. The van der Waals surface area contributed by atoms with Crippen LogP contribution in [0.3, 0.4) is 0 Å². The van der Waals surface area contributed by atoms with Crippen LogP contribution in [0.2, 0.25) is 0 Å². The molecule has 4 nitrogen and oxygen atoms in total. The topological polar surface area (TPSA) is 49.8 Å². The number of carbonyl (C=O) groups is 1. The zero-order chi connectivity index (χ0) is 12.3. The first-order valence-electron chi connectivity index (χ1n) is 6.70. The molecule has 1 aliphatic heterocycles. The van der Waals surface area contributed by atoms with Crippen molar-refractivity contribution in [2.75, 3.05) is 32.8 Å². The lowest BCUT2D eigenvalue weighted by Crippen LogP contribution is -2.47. The van der Waals surface area contributed by atoms with E-state index in [9.17, 15) is 9.90 Å². The molecule has 0 bridgehead atoms. The Hall–Kier alpha value is -0.610. The van der Waals surface area contributed by atoms with Gasteiger partial charge in [0, 0.05) is 26.3 Å². The zero-order valence-electron chi connectivity index (χ0n) is 10.7. The van der Waals surface area contributed by atoms with E-state index >= 15 is 0 Å². The van der Waals surface area contributed by atoms with Gasteiger partial charge in [0.05, 0.1) is 5.41 Å². The number of hydrogen-bond acceptors (Lipinski definition) is 3. The summed E-state index contributed by atoms with van der Waals surface area (Å²) in [4.78, 5) is 13.9. The van der Waals surface area contributed by atoms with Crippen molar-refractivity contribution in [1.82, 2.24) is 4.90 Å². The van der Waals surface area contributed by atoms with Crippen LogP contribution in [0, 0.1) is 11.3 Å². The zero-order valence-corrected chi connectivity index (χ0v) is 10.7. The van der Waals surface area contributed by atoms with Crippen molar-refractivity contribution in [2.24, 2.45) is 11.3 Å². The van der Waals surface area contributed by atoms with Gasteiger partial charge in [-0.3, -0.25) is 4.79 Å². The fourth-order valence-electron chi connectivity index (χ4n) is 2.60. The molecule has 4 heteroatoms. The van der Waals surface area contributed by atoms with Gasteiger partial charge in [0.15, 0.2) is 0 Å². The normalized spacial score (nSPS) is 23.9. The van der Waals surface area contributed by atoms with E-state index in [1.807, 2.05) is 0 Å². The summed E-state index contributed by atoms with van der Waals surface area (Å²) in [5.74, 6) is 0.177. The third-order valence-corrected chi connectivity index (χ3v) is 4.09. The third kappa shape index (κ3) is 3.19. The van der Waals surface area contributed by atoms with Crippen LogP contribution in [-0.4, -0.2) is 48.8 Å². The van der Waals surface area contributed by atoms with Gasteiger partial charge in [0.25, 0.3) is 0 Å². The minimum Gasteiger partial charge on any atom is -0.481 e. The Morgan fingerprint density at radius 3 is 2.53 bits per heavy atom. The lowest BCUT2D eigenvalue weighted by molar-refractivity contribution is -0.156. The Morgan fingerprint density at radius 2 is 2.06 bits per heavy atom. The molecule has 2 aliphatic rings. The van der Waals surface area contributed by atoms with Crippen molar-refractivity contribution in [2.45, 2.75) is 32.6 Å². The molecule has 2 rings (SSSR count). The highest BCUT2D eigenvalue weighted by Crippen LogP contribution is 2.34. The van der Waals surface area contributed by atoms with Gasteiger partial charge in [-0.05, 0) is 38.1 Å². The van der Waals surface area contributed by atoms with Crippen molar-refractivity contribution in [3.8, 4) is 0 Å². The quantitative estimate of drug-likeness (QED) is 0.767. The molecule has 0 aromatic rings. The molecule has 1 saturated carbocycles. The molecule has 17 heavy (non-hydrogen) atoms. The maximum atomic E-state index is 11.5. The molecule has 0 radical (unpaired) electrons. The summed E-state index contributed by atoms with van der Waals surface area (Å²) in [5.41, 5.74) is -0.566. The second-order valence-electron chi connectivity index (χ2n) is 5.47. The highest BCUT2D eigenvalue weighted by atomic mass is 16.5. The van der Waals surface area contributed by atoms with Crippen molar-refractivity contribution >= 4 is 5.97 Å². The first-order valence-corrected chi connectivity index (χ1v) is 6.70. The van der Waals surface area contributed by atoms with Gasteiger partial charge in [-0.15, -0.1) is 0 Å². The van der Waals surface area contributed by atoms with Gasteiger partial charge in [-0.1, -0.05) is 6.92 Å². The predicted molar refractivity (Wildman–Crippen MR) is 65.0 cm³/mol. The average molecular weight is 241 g/mol. The molecule has 1 heterocycles. The molecule has 0 spiro atoms. The van der Waals surface area contributed by atoms with Gasteiger partial charge in [-0.25, -0.2) is 0 Å². The second kappa shape index (κ2) is 5.36. The lowest BCUT2D eigenvalue weighted by atomic mass is 9.79. The summed E-state index contributed by atoms with van der Waals surface area (Å²) < 4.78 is 5.30. The van der Waals surface area contributed by atoms with Gasteiger partial charge >= 0.3 is 5.97 Å². The monoisotopic (exact) mass is 241 g/mol. The smallest absolute Gasteiger partial charge is 0.311 e. The standard InChI is InChI=1S/C13H23NO3/c1-2-14(9-11-3-4-11)10-13(12(15)16)5-7-17-8-6-13/h11H,2-10H2,1H3,(H,15,16). The molecule has 1 N–H and O–H groups in total. The first-order chi connectivity index (χ1) is 8.16. The summed E-state index contributed by atoms with van der Waals surface area (Å²) in [7, 11) is 0. The molecule has 1 aliphatic carbocycles. The second-order valence-corrected chi connectivity index (χ2v) is 5.47. The number of ether oxygens (including phenoxy) is 1. The lowest BCUT2D eigenvalue weighted by Gasteiger charge is -2.37. The van der Waals surface area contributed by atoms with E-state index in [-0.39, 0.29) is 0 Å². The Kier molecular flexibility index (Phi) is 4.05. The number of carboxylic acid groups (broad SMARTS) is 1. The maximum Gasteiger partial charge on any atom is 0.311 e. The van der Waals surface area contributed by atoms with Gasteiger partial charge in [0.2, 0.25) is 0 Å². The average Bonchev–Trinajstić information content (AvgIpc) is 3.13. The molecular weight excluding hydrogens is 218 g/mol. The largest absolute Gasteiger partial charge is 0.481 e. The van der Waals surface area contributed by atoms with Crippen LogP contribution in [0.5, 0.6) is 0 Å². The molecule has 0 atom stereocenters. The van der Waals surface area contributed by atoms with Crippen LogP contribution in [-0.2, 0) is 9.53 Å². The summed E-state index contributed by atoms with van der Waals surface area (Å²) in [6.45, 7) is 6.02. The Morgan fingerprint density at radius 1 is 1.41 bits per heavy atom. The molecular formula is C13H23NO3. The van der Waals surface area contributed by atoms with E-state index in [0.29, 0.717) is 32.6 Å². The van der Waals surface area contributed by atoms with Crippen molar-refractivity contribution in [3.05, 3.63) is 0 Å². The van der Waals surface area contributed by atoms with Gasteiger partial charge in [-0.2, -0.15) is 0 Å². The molecule has 0 aromatic heterocycles. The minimum atomic E-state index is -0.643. The molecule has 98 valence electrons. The number of aliphatic carboxylic acids is 1. The molecule has 0 amide bonds. The summed E-state index contributed by atoms with van der Waals surface area (Å²) in [6.07, 6.45) is 3.95. The number of carboxylic acids is 1. The Labute approximate surface area is 103 Å². The number of rotatable bonds is 6. The molecule has 0 unspecified atom stereocenters. The van der Waals surface area contributed by atoms with Crippen LogP contribution in [0.4, 0.5) is 0 Å². The van der Waals surface area contributed by atoms with E-state index in [1.54, 1.807) is 0 Å². The third-order valence-electron chi connectivity index (χ3n) is 4.09. The number of nitrogens with zero attached hydrogens (tertiary/aromatic N) is 1. The van der Waals surface area contributed by atoms with Crippen molar-refractivity contribution in [3.63, 3.8) is 0 Å². The van der Waals surface area contributed by atoms with E-state index in [2.05, 4.69) is 11.8 Å². The Bertz CT molecular complexity index is 270. The van der Waals surface area contributed by atoms with E-state index in [0.717, 1.165) is 19.0 Å². The predicted octanol–water partition coefficient (Wildman–Crippen LogP) is 1.60. The first kappa shape index (κ1) is 12.8. The van der Waals surface area contributed by atoms with Gasteiger partial charge in [0.1, 0.15) is 0 Å². The van der Waals surface area contributed by atoms with Crippen LogP contribution in [0.15, 0.2) is 0 Å².